The van der Waals surface area contributed by atoms with Crippen LogP contribution in [0.25, 0.3) is 11.0 Å². The van der Waals surface area contributed by atoms with Gasteiger partial charge < -0.3 is 14.5 Å². The topological polar surface area (TPSA) is 58.6 Å². The fourth-order valence-corrected chi connectivity index (χ4v) is 3.33. The molecule has 1 saturated heterocycles. The third-order valence-electron chi connectivity index (χ3n) is 4.72. The van der Waals surface area contributed by atoms with E-state index in [-0.39, 0.29) is 5.91 Å². The molecule has 6 nitrogen and oxygen atoms in total. The number of fused-ring (bicyclic) bond motifs is 1. The molecule has 1 amide bonds. The van der Waals surface area contributed by atoms with Crippen LogP contribution in [0.3, 0.4) is 0 Å². The van der Waals surface area contributed by atoms with E-state index in [9.17, 15) is 4.79 Å². The average Bonchev–Trinajstić information content (AvgIpc) is 2.73. The zero-order valence-electron chi connectivity index (χ0n) is 14.6. The second kappa shape index (κ2) is 7.00. The van der Waals surface area contributed by atoms with E-state index in [2.05, 4.69) is 14.9 Å². The van der Waals surface area contributed by atoms with Gasteiger partial charge in [0.2, 0.25) is 0 Å². The normalized spacial score (nSPS) is 14.5. The van der Waals surface area contributed by atoms with E-state index in [1.54, 1.807) is 25.6 Å². The van der Waals surface area contributed by atoms with Crippen molar-refractivity contribution in [1.29, 1.82) is 0 Å². The van der Waals surface area contributed by atoms with Crippen LogP contribution in [0.5, 0.6) is 5.75 Å². The fourth-order valence-electron chi connectivity index (χ4n) is 3.33. The van der Waals surface area contributed by atoms with Gasteiger partial charge in [0.05, 0.1) is 7.11 Å². The minimum absolute atomic E-state index is 0.0461. The van der Waals surface area contributed by atoms with Gasteiger partial charge in [-0.3, -0.25) is 4.79 Å². The number of benzene rings is 1. The summed E-state index contributed by atoms with van der Waals surface area (Å²) in [6.45, 7) is 2.92. The van der Waals surface area contributed by atoms with Gasteiger partial charge in [0.1, 0.15) is 5.75 Å². The predicted molar refractivity (Wildman–Crippen MR) is 101 cm³/mol. The summed E-state index contributed by atoms with van der Waals surface area (Å²) in [4.78, 5) is 25.6. The molecule has 1 aromatic carbocycles. The molecule has 0 spiro atoms. The number of carbonyl (C=O) groups excluding carboxylic acids is 1. The summed E-state index contributed by atoms with van der Waals surface area (Å²) in [5, 5.41) is 1.04. The van der Waals surface area contributed by atoms with Gasteiger partial charge in [0, 0.05) is 55.2 Å². The molecule has 3 aromatic rings. The molecule has 0 bridgehead atoms. The molecule has 0 N–H and O–H groups in total. The van der Waals surface area contributed by atoms with Crippen LogP contribution in [0.15, 0.2) is 54.9 Å². The summed E-state index contributed by atoms with van der Waals surface area (Å²) in [6, 6.07) is 13.3. The summed E-state index contributed by atoms with van der Waals surface area (Å²) in [5.41, 5.74) is 2.54. The lowest BCUT2D eigenvalue weighted by Gasteiger charge is -2.36. The van der Waals surface area contributed by atoms with E-state index in [1.165, 1.54) is 0 Å². The number of hydrogen-bond donors (Lipinski definition) is 0. The van der Waals surface area contributed by atoms with Crippen molar-refractivity contribution in [2.45, 2.75) is 0 Å². The highest BCUT2D eigenvalue weighted by Crippen LogP contribution is 2.25. The number of ether oxygens (including phenoxy) is 1. The third kappa shape index (κ3) is 3.06. The van der Waals surface area contributed by atoms with E-state index in [1.807, 2.05) is 41.3 Å². The van der Waals surface area contributed by atoms with Crippen molar-refractivity contribution in [1.82, 2.24) is 14.9 Å². The Balaban J connectivity index is 1.49. The van der Waals surface area contributed by atoms with E-state index < -0.39 is 0 Å². The number of hydrogen-bond acceptors (Lipinski definition) is 5. The van der Waals surface area contributed by atoms with Crippen molar-refractivity contribution in [2.24, 2.45) is 0 Å². The zero-order valence-corrected chi connectivity index (χ0v) is 14.6. The molecule has 1 aliphatic heterocycles. The number of carbonyl (C=O) groups is 1. The summed E-state index contributed by atoms with van der Waals surface area (Å²) in [6.07, 6.45) is 3.54. The van der Waals surface area contributed by atoms with Gasteiger partial charge in [0.15, 0.2) is 5.65 Å². The first-order valence-electron chi connectivity index (χ1n) is 8.64. The number of amides is 1. The Labute approximate surface area is 152 Å². The molecular weight excluding hydrogens is 328 g/mol. The molecule has 0 atom stereocenters. The van der Waals surface area contributed by atoms with Crippen molar-refractivity contribution in [3.8, 4) is 5.75 Å². The lowest BCUT2D eigenvalue weighted by atomic mass is 10.1. The second-order valence-electron chi connectivity index (χ2n) is 6.22. The Morgan fingerprint density at radius 2 is 1.81 bits per heavy atom. The molecule has 0 unspecified atom stereocenters. The van der Waals surface area contributed by atoms with E-state index >= 15 is 0 Å². The molecule has 3 heterocycles. The van der Waals surface area contributed by atoms with E-state index in [4.69, 9.17) is 4.74 Å². The monoisotopic (exact) mass is 348 g/mol. The lowest BCUT2D eigenvalue weighted by Crippen LogP contribution is -2.48. The largest absolute Gasteiger partial charge is 0.497 e. The number of rotatable bonds is 3. The van der Waals surface area contributed by atoms with Crippen molar-refractivity contribution < 1.29 is 9.53 Å². The van der Waals surface area contributed by atoms with Crippen LogP contribution in [0.4, 0.5) is 5.69 Å². The number of aromatic nitrogens is 2. The standard InChI is InChI=1S/C20H20N4O2/c1-26-16-5-2-4-15(14-16)20(25)24-12-10-23(11-13-24)18-7-9-22-19-17(18)6-3-8-21-19/h2-9,14H,10-13H2,1H3. The van der Waals surface area contributed by atoms with Crippen LogP contribution in [0.1, 0.15) is 10.4 Å². The molecule has 132 valence electrons. The van der Waals surface area contributed by atoms with Gasteiger partial charge in [-0.1, -0.05) is 6.07 Å². The molecule has 0 radical (unpaired) electrons. The molecule has 1 fully saturated rings. The van der Waals surface area contributed by atoms with Gasteiger partial charge in [-0.15, -0.1) is 0 Å². The quantitative estimate of drug-likeness (QED) is 0.728. The van der Waals surface area contributed by atoms with Gasteiger partial charge in [0.25, 0.3) is 5.91 Å². The molecule has 0 aliphatic carbocycles. The van der Waals surface area contributed by atoms with Crippen molar-refractivity contribution in [3.63, 3.8) is 0 Å². The molecule has 6 heteroatoms. The zero-order chi connectivity index (χ0) is 17.9. The van der Waals surface area contributed by atoms with Crippen LogP contribution >= 0.6 is 0 Å². The molecule has 26 heavy (non-hydrogen) atoms. The van der Waals surface area contributed by atoms with Crippen molar-refractivity contribution in [3.05, 3.63) is 60.4 Å². The Morgan fingerprint density at radius 1 is 1.00 bits per heavy atom. The number of pyridine rings is 2. The van der Waals surface area contributed by atoms with Gasteiger partial charge in [-0.2, -0.15) is 0 Å². The average molecular weight is 348 g/mol. The lowest BCUT2D eigenvalue weighted by molar-refractivity contribution is 0.0746. The Bertz CT molecular complexity index is 931. The van der Waals surface area contributed by atoms with Crippen LogP contribution in [-0.2, 0) is 0 Å². The number of piperazine rings is 1. The SMILES string of the molecule is COc1cccc(C(=O)N2CCN(c3ccnc4ncccc34)CC2)c1. The minimum Gasteiger partial charge on any atom is -0.497 e. The van der Waals surface area contributed by atoms with Crippen molar-refractivity contribution >= 4 is 22.6 Å². The molecular formula is C20H20N4O2. The summed E-state index contributed by atoms with van der Waals surface area (Å²) in [7, 11) is 1.61. The highest BCUT2D eigenvalue weighted by Gasteiger charge is 2.23. The first kappa shape index (κ1) is 16.3. The molecule has 0 saturated carbocycles. The van der Waals surface area contributed by atoms with Crippen molar-refractivity contribution in [2.75, 3.05) is 38.2 Å². The van der Waals surface area contributed by atoms with Crippen LogP contribution < -0.4 is 9.64 Å². The van der Waals surface area contributed by atoms with Crippen LogP contribution in [0.2, 0.25) is 0 Å². The third-order valence-corrected chi connectivity index (χ3v) is 4.72. The van der Waals surface area contributed by atoms with Gasteiger partial charge in [-0.25, -0.2) is 9.97 Å². The molecule has 4 rings (SSSR count). The molecule has 1 aliphatic rings. The van der Waals surface area contributed by atoms with E-state index in [0.717, 1.165) is 29.8 Å². The van der Waals surface area contributed by atoms with Crippen LogP contribution in [-0.4, -0.2) is 54.1 Å². The van der Waals surface area contributed by atoms with Gasteiger partial charge >= 0.3 is 0 Å². The number of anilines is 1. The smallest absolute Gasteiger partial charge is 0.254 e. The van der Waals surface area contributed by atoms with Crippen LogP contribution in [0, 0.1) is 0 Å². The molecule has 2 aromatic heterocycles. The maximum absolute atomic E-state index is 12.8. The maximum atomic E-state index is 12.8. The summed E-state index contributed by atoms with van der Waals surface area (Å²) in [5.74, 6) is 0.745. The minimum atomic E-state index is 0.0461. The maximum Gasteiger partial charge on any atom is 0.254 e. The highest BCUT2D eigenvalue weighted by molar-refractivity contribution is 5.95. The Morgan fingerprint density at radius 3 is 2.62 bits per heavy atom. The first-order valence-corrected chi connectivity index (χ1v) is 8.64. The number of methoxy groups -OCH3 is 1. The Kier molecular flexibility index (Phi) is 4.39. The highest BCUT2D eigenvalue weighted by atomic mass is 16.5. The summed E-state index contributed by atoms with van der Waals surface area (Å²) >= 11 is 0. The predicted octanol–water partition coefficient (Wildman–Crippen LogP) is 2.60. The summed E-state index contributed by atoms with van der Waals surface area (Å²) < 4.78 is 5.22. The fraction of sp³-hybridized carbons (Fsp3) is 0.250. The Hall–Kier alpha value is -3.15. The first-order chi connectivity index (χ1) is 12.8. The van der Waals surface area contributed by atoms with Gasteiger partial charge in [-0.05, 0) is 36.4 Å². The second-order valence-corrected chi connectivity index (χ2v) is 6.22. The van der Waals surface area contributed by atoms with E-state index in [0.29, 0.717) is 24.4 Å². The number of nitrogens with zero attached hydrogens (tertiary/aromatic N) is 4.